The summed E-state index contributed by atoms with van der Waals surface area (Å²) >= 11 is 0. The van der Waals surface area contributed by atoms with Gasteiger partial charge in [0.05, 0.1) is 23.9 Å². The van der Waals surface area contributed by atoms with Gasteiger partial charge in [0.2, 0.25) is 0 Å². The first-order chi connectivity index (χ1) is 8.08. The third kappa shape index (κ3) is 2.25. The van der Waals surface area contributed by atoms with Crippen LogP contribution in [0.3, 0.4) is 0 Å². The molecule has 2 aromatic rings. The lowest BCUT2D eigenvalue weighted by Crippen LogP contribution is -2.16. The molecule has 0 saturated heterocycles. The zero-order valence-electron chi connectivity index (χ0n) is 9.14. The number of carbonyl (C=O) groups is 1. The fourth-order valence-electron chi connectivity index (χ4n) is 1.40. The minimum atomic E-state index is -0.459. The molecule has 1 aromatic heterocycles. The van der Waals surface area contributed by atoms with Gasteiger partial charge >= 0.3 is 0 Å². The SMILES string of the molecule is Cn1cncc1C(=O)Nc1cc(F)ccc1N. The topological polar surface area (TPSA) is 72.9 Å². The quantitative estimate of drug-likeness (QED) is 0.771. The number of anilines is 2. The molecule has 0 aliphatic heterocycles. The number of imidazole rings is 1. The summed E-state index contributed by atoms with van der Waals surface area (Å²) in [7, 11) is 1.69. The molecule has 2 rings (SSSR count). The Morgan fingerprint density at radius 2 is 2.29 bits per heavy atom. The average Bonchev–Trinajstić information content (AvgIpc) is 2.70. The number of hydrogen-bond donors (Lipinski definition) is 2. The number of rotatable bonds is 2. The lowest BCUT2D eigenvalue weighted by molar-refractivity contribution is 0.101. The van der Waals surface area contributed by atoms with Crippen molar-refractivity contribution in [2.24, 2.45) is 7.05 Å². The number of aryl methyl sites for hydroxylation is 1. The summed E-state index contributed by atoms with van der Waals surface area (Å²) < 4.78 is 14.6. The molecule has 5 nitrogen and oxygen atoms in total. The highest BCUT2D eigenvalue weighted by Gasteiger charge is 2.11. The molecule has 88 valence electrons. The van der Waals surface area contributed by atoms with Crippen LogP contribution in [0.1, 0.15) is 10.5 Å². The molecule has 0 saturated carbocycles. The van der Waals surface area contributed by atoms with Crippen molar-refractivity contribution in [2.45, 2.75) is 0 Å². The van der Waals surface area contributed by atoms with E-state index in [-0.39, 0.29) is 11.6 Å². The minimum absolute atomic E-state index is 0.246. The van der Waals surface area contributed by atoms with Gasteiger partial charge in [-0.05, 0) is 18.2 Å². The van der Waals surface area contributed by atoms with Crippen LogP contribution >= 0.6 is 0 Å². The number of nitrogens with one attached hydrogen (secondary N) is 1. The highest BCUT2D eigenvalue weighted by Crippen LogP contribution is 2.19. The summed E-state index contributed by atoms with van der Waals surface area (Å²) in [6.07, 6.45) is 2.93. The number of aromatic nitrogens is 2. The lowest BCUT2D eigenvalue weighted by atomic mass is 10.2. The van der Waals surface area contributed by atoms with Crippen molar-refractivity contribution in [1.29, 1.82) is 0 Å². The number of nitrogen functional groups attached to an aromatic ring is 1. The second-order valence-corrected chi connectivity index (χ2v) is 3.58. The second-order valence-electron chi connectivity index (χ2n) is 3.58. The Bertz CT molecular complexity index is 564. The van der Waals surface area contributed by atoms with Gasteiger partial charge in [0.25, 0.3) is 5.91 Å². The van der Waals surface area contributed by atoms with Crippen LogP contribution in [-0.4, -0.2) is 15.5 Å². The Balaban J connectivity index is 2.24. The summed E-state index contributed by atoms with van der Waals surface area (Å²) in [5.74, 6) is -0.846. The molecular weight excluding hydrogens is 223 g/mol. The number of nitrogens with zero attached hydrogens (tertiary/aromatic N) is 2. The Labute approximate surface area is 97.1 Å². The van der Waals surface area contributed by atoms with Gasteiger partial charge in [-0.25, -0.2) is 9.37 Å². The summed E-state index contributed by atoms with van der Waals surface area (Å²) in [5, 5.41) is 2.53. The van der Waals surface area contributed by atoms with Crippen molar-refractivity contribution in [3.05, 3.63) is 42.2 Å². The fraction of sp³-hybridized carbons (Fsp3) is 0.0909. The molecule has 0 bridgehead atoms. The molecule has 1 aromatic carbocycles. The highest BCUT2D eigenvalue weighted by atomic mass is 19.1. The van der Waals surface area contributed by atoms with Crippen molar-refractivity contribution >= 4 is 17.3 Å². The number of amides is 1. The van der Waals surface area contributed by atoms with Crippen molar-refractivity contribution in [1.82, 2.24) is 9.55 Å². The molecule has 0 fully saturated rings. The van der Waals surface area contributed by atoms with E-state index in [4.69, 9.17) is 5.73 Å². The highest BCUT2D eigenvalue weighted by molar-refractivity contribution is 6.04. The van der Waals surface area contributed by atoms with E-state index in [0.29, 0.717) is 11.4 Å². The number of halogens is 1. The Morgan fingerprint density at radius 1 is 1.53 bits per heavy atom. The summed E-state index contributed by atoms with van der Waals surface area (Å²) in [5.41, 5.74) is 6.55. The number of nitrogens with two attached hydrogens (primary N) is 1. The maximum atomic E-state index is 13.0. The zero-order valence-corrected chi connectivity index (χ0v) is 9.14. The average molecular weight is 234 g/mol. The number of benzene rings is 1. The standard InChI is InChI=1S/C11H11FN4O/c1-16-6-14-5-10(16)11(17)15-9-4-7(12)2-3-8(9)13/h2-6H,13H2,1H3,(H,15,17). The van der Waals surface area contributed by atoms with Gasteiger partial charge in [0, 0.05) is 7.05 Å². The van der Waals surface area contributed by atoms with E-state index in [9.17, 15) is 9.18 Å². The first-order valence-corrected chi connectivity index (χ1v) is 4.90. The van der Waals surface area contributed by atoms with Gasteiger partial charge in [0.1, 0.15) is 11.5 Å². The molecule has 1 amide bonds. The van der Waals surface area contributed by atoms with Crippen LogP contribution in [0.5, 0.6) is 0 Å². The predicted molar refractivity (Wildman–Crippen MR) is 62.0 cm³/mol. The zero-order chi connectivity index (χ0) is 12.4. The molecule has 0 aliphatic carbocycles. The minimum Gasteiger partial charge on any atom is -0.397 e. The van der Waals surface area contributed by atoms with E-state index in [1.54, 1.807) is 11.6 Å². The van der Waals surface area contributed by atoms with E-state index >= 15 is 0 Å². The fourth-order valence-corrected chi connectivity index (χ4v) is 1.40. The second kappa shape index (κ2) is 4.25. The third-order valence-electron chi connectivity index (χ3n) is 2.31. The van der Waals surface area contributed by atoms with Crippen LogP contribution in [0, 0.1) is 5.82 Å². The Hall–Kier alpha value is -2.37. The maximum absolute atomic E-state index is 13.0. The van der Waals surface area contributed by atoms with Crippen LogP contribution in [0.2, 0.25) is 0 Å². The van der Waals surface area contributed by atoms with E-state index < -0.39 is 5.82 Å². The Kier molecular flexibility index (Phi) is 2.78. The van der Waals surface area contributed by atoms with Crippen molar-refractivity contribution in [2.75, 3.05) is 11.1 Å². The molecule has 0 unspecified atom stereocenters. The smallest absolute Gasteiger partial charge is 0.273 e. The van der Waals surface area contributed by atoms with Gasteiger partial charge in [-0.15, -0.1) is 0 Å². The molecule has 0 atom stereocenters. The van der Waals surface area contributed by atoms with E-state index in [2.05, 4.69) is 10.3 Å². The van der Waals surface area contributed by atoms with E-state index in [0.717, 1.165) is 0 Å². The summed E-state index contributed by atoms with van der Waals surface area (Å²) in [4.78, 5) is 15.6. The molecule has 0 spiro atoms. The van der Waals surface area contributed by atoms with Crippen LogP contribution in [0.4, 0.5) is 15.8 Å². The van der Waals surface area contributed by atoms with Crippen LogP contribution in [0.15, 0.2) is 30.7 Å². The van der Waals surface area contributed by atoms with Crippen molar-refractivity contribution in [3.63, 3.8) is 0 Å². The maximum Gasteiger partial charge on any atom is 0.273 e. The van der Waals surface area contributed by atoms with Gasteiger partial charge in [0.15, 0.2) is 0 Å². The van der Waals surface area contributed by atoms with Gasteiger partial charge < -0.3 is 15.6 Å². The number of carbonyl (C=O) groups excluding carboxylic acids is 1. The monoisotopic (exact) mass is 234 g/mol. The first kappa shape index (κ1) is 11.1. The molecule has 0 aliphatic rings. The summed E-state index contributed by atoms with van der Waals surface area (Å²) in [6, 6.07) is 3.80. The molecule has 17 heavy (non-hydrogen) atoms. The van der Waals surface area contributed by atoms with Crippen LogP contribution in [0.25, 0.3) is 0 Å². The lowest BCUT2D eigenvalue weighted by Gasteiger charge is -2.08. The van der Waals surface area contributed by atoms with Crippen LogP contribution < -0.4 is 11.1 Å². The third-order valence-corrected chi connectivity index (χ3v) is 2.31. The van der Waals surface area contributed by atoms with Gasteiger partial charge in [-0.3, -0.25) is 4.79 Å². The van der Waals surface area contributed by atoms with Gasteiger partial charge in [-0.2, -0.15) is 0 Å². The molecular formula is C11H11FN4O. The molecule has 6 heteroatoms. The largest absolute Gasteiger partial charge is 0.397 e. The normalized spacial score (nSPS) is 10.2. The first-order valence-electron chi connectivity index (χ1n) is 4.90. The predicted octanol–water partition coefficient (Wildman–Crippen LogP) is 1.39. The molecule has 1 heterocycles. The van der Waals surface area contributed by atoms with E-state index in [1.165, 1.54) is 30.7 Å². The van der Waals surface area contributed by atoms with Crippen molar-refractivity contribution in [3.8, 4) is 0 Å². The van der Waals surface area contributed by atoms with E-state index in [1.807, 2.05) is 0 Å². The Morgan fingerprint density at radius 3 is 2.94 bits per heavy atom. The molecule has 0 radical (unpaired) electrons. The number of hydrogen-bond acceptors (Lipinski definition) is 3. The summed E-state index contributed by atoms with van der Waals surface area (Å²) in [6.45, 7) is 0. The van der Waals surface area contributed by atoms with Gasteiger partial charge in [-0.1, -0.05) is 0 Å². The van der Waals surface area contributed by atoms with Crippen molar-refractivity contribution < 1.29 is 9.18 Å². The van der Waals surface area contributed by atoms with Crippen LogP contribution in [-0.2, 0) is 7.05 Å². The molecule has 3 N–H and O–H groups in total.